The van der Waals surface area contributed by atoms with Crippen molar-refractivity contribution in [3.05, 3.63) is 72.8 Å². The number of pyridine rings is 1. The number of ether oxygens (including phenoxy) is 3. The molecule has 1 amide bonds. The smallest absolute Gasteiger partial charge is 0.266 e. The van der Waals surface area contributed by atoms with E-state index >= 15 is 0 Å². The van der Waals surface area contributed by atoms with E-state index in [0.29, 0.717) is 59.0 Å². The number of fused-ring (bicyclic) bond motifs is 1. The fourth-order valence-electron chi connectivity index (χ4n) is 3.16. The summed E-state index contributed by atoms with van der Waals surface area (Å²) in [5.41, 5.74) is 1.56. The zero-order valence-corrected chi connectivity index (χ0v) is 16.9. The van der Waals surface area contributed by atoms with E-state index in [-0.39, 0.29) is 5.91 Å². The Morgan fingerprint density at radius 1 is 0.969 bits per heavy atom. The molecule has 2 aromatic carbocycles. The van der Waals surface area contributed by atoms with Gasteiger partial charge in [0, 0.05) is 36.0 Å². The molecule has 0 bridgehead atoms. The lowest BCUT2D eigenvalue weighted by molar-refractivity contribution is 0.102. The Hall–Kier alpha value is -4.40. The summed E-state index contributed by atoms with van der Waals surface area (Å²) in [5.74, 6) is 2.34. The van der Waals surface area contributed by atoms with Crippen LogP contribution >= 0.6 is 0 Å². The number of carbonyl (C=O) groups excluding carboxylic acids is 1. The molecule has 9 nitrogen and oxygen atoms in total. The van der Waals surface area contributed by atoms with Crippen LogP contribution in [0.3, 0.4) is 0 Å². The van der Waals surface area contributed by atoms with Crippen LogP contribution in [0.1, 0.15) is 16.8 Å². The van der Waals surface area contributed by atoms with E-state index in [1.807, 2.05) is 0 Å². The van der Waals surface area contributed by atoms with Gasteiger partial charge in [-0.3, -0.25) is 9.78 Å². The van der Waals surface area contributed by atoms with Crippen LogP contribution in [0.2, 0.25) is 0 Å². The second-order valence-corrected chi connectivity index (χ2v) is 6.92. The van der Waals surface area contributed by atoms with Crippen LogP contribution in [0.25, 0.3) is 11.6 Å². The number of amides is 1. The van der Waals surface area contributed by atoms with Crippen molar-refractivity contribution < 1.29 is 23.4 Å². The molecule has 0 fully saturated rings. The second-order valence-electron chi connectivity index (χ2n) is 6.92. The molecule has 4 aromatic rings. The van der Waals surface area contributed by atoms with E-state index in [1.54, 1.807) is 60.8 Å². The first-order valence-electron chi connectivity index (χ1n) is 9.96. The van der Waals surface area contributed by atoms with Crippen molar-refractivity contribution in [1.82, 2.24) is 15.2 Å². The van der Waals surface area contributed by atoms with Gasteiger partial charge < -0.3 is 23.9 Å². The summed E-state index contributed by atoms with van der Waals surface area (Å²) in [6.45, 7) is 1.15. The van der Waals surface area contributed by atoms with Gasteiger partial charge in [0.2, 0.25) is 6.39 Å². The zero-order valence-electron chi connectivity index (χ0n) is 16.9. The summed E-state index contributed by atoms with van der Waals surface area (Å²) in [4.78, 5) is 16.9. The van der Waals surface area contributed by atoms with E-state index in [4.69, 9.17) is 18.6 Å². The molecule has 0 radical (unpaired) electrons. The van der Waals surface area contributed by atoms with E-state index in [1.165, 1.54) is 6.39 Å². The minimum atomic E-state index is -0.264. The van der Waals surface area contributed by atoms with Gasteiger partial charge in [-0.05, 0) is 36.4 Å². The molecular weight excluding hydrogens is 412 g/mol. The molecule has 32 heavy (non-hydrogen) atoms. The van der Waals surface area contributed by atoms with Gasteiger partial charge in [0.1, 0.15) is 17.2 Å². The summed E-state index contributed by atoms with van der Waals surface area (Å²) in [7, 11) is 0. The third-order valence-electron chi connectivity index (χ3n) is 4.65. The second kappa shape index (κ2) is 8.76. The van der Waals surface area contributed by atoms with Crippen molar-refractivity contribution in [2.24, 2.45) is 0 Å². The summed E-state index contributed by atoms with van der Waals surface area (Å²) >= 11 is 0. The molecule has 1 aliphatic heterocycles. The quantitative estimate of drug-likeness (QED) is 0.498. The van der Waals surface area contributed by atoms with E-state index in [2.05, 4.69) is 20.5 Å². The monoisotopic (exact) mass is 430 g/mol. The lowest BCUT2D eigenvalue weighted by atomic mass is 10.2. The molecule has 5 rings (SSSR count). The Bertz CT molecular complexity index is 1240. The summed E-state index contributed by atoms with van der Waals surface area (Å²) in [5, 5.41) is 10.4. The van der Waals surface area contributed by atoms with Crippen molar-refractivity contribution in [2.75, 3.05) is 18.5 Å². The van der Waals surface area contributed by atoms with Gasteiger partial charge in [-0.25, -0.2) is 0 Å². The van der Waals surface area contributed by atoms with Crippen molar-refractivity contribution in [2.45, 2.75) is 6.42 Å². The molecule has 9 heteroatoms. The van der Waals surface area contributed by atoms with Gasteiger partial charge in [-0.2, -0.15) is 0 Å². The number of benzene rings is 2. The van der Waals surface area contributed by atoms with Gasteiger partial charge in [-0.15, -0.1) is 10.2 Å². The number of nitrogens with zero attached hydrogens (tertiary/aromatic N) is 3. The van der Waals surface area contributed by atoms with Crippen LogP contribution in [-0.2, 0) is 0 Å². The standard InChI is InChI=1S/C23H18N4O5/c28-22(15-5-6-20-21(11-15)30-10-2-9-29-20)26-16-3-1-4-17(12-16)32-18-7-8-24-19(13-18)23-27-25-14-31-23/h1,3-8,11-14H,2,9-10H2,(H,26,28). The maximum Gasteiger partial charge on any atom is 0.266 e. The van der Waals surface area contributed by atoms with E-state index in [0.717, 1.165) is 6.42 Å². The van der Waals surface area contributed by atoms with Crippen molar-refractivity contribution in [1.29, 1.82) is 0 Å². The molecule has 1 aliphatic rings. The van der Waals surface area contributed by atoms with E-state index in [9.17, 15) is 4.79 Å². The topological polar surface area (TPSA) is 109 Å². The first-order valence-corrected chi connectivity index (χ1v) is 9.96. The van der Waals surface area contributed by atoms with Gasteiger partial charge in [0.05, 0.1) is 13.2 Å². The predicted octanol–water partition coefficient (Wildman–Crippen LogP) is 4.34. The van der Waals surface area contributed by atoms with Crippen LogP contribution in [0, 0.1) is 0 Å². The minimum absolute atomic E-state index is 0.264. The number of aromatic nitrogens is 3. The largest absolute Gasteiger partial charge is 0.490 e. The van der Waals surface area contributed by atoms with Crippen molar-refractivity contribution >= 4 is 11.6 Å². The first kappa shape index (κ1) is 19.6. The Morgan fingerprint density at radius 3 is 2.72 bits per heavy atom. The molecule has 3 heterocycles. The predicted molar refractivity (Wildman–Crippen MR) is 114 cm³/mol. The summed E-state index contributed by atoms with van der Waals surface area (Å²) < 4.78 is 22.4. The fraction of sp³-hybridized carbons (Fsp3) is 0.130. The highest BCUT2D eigenvalue weighted by atomic mass is 16.5. The maximum absolute atomic E-state index is 12.8. The highest BCUT2D eigenvalue weighted by Gasteiger charge is 2.15. The van der Waals surface area contributed by atoms with Crippen LogP contribution in [0.15, 0.2) is 71.6 Å². The zero-order chi connectivity index (χ0) is 21.8. The van der Waals surface area contributed by atoms with Crippen molar-refractivity contribution in [3.63, 3.8) is 0 Å². The van der Waals surface area contributed by atoms with Crippen LogP contribution < -0.4 is 19.5 Å². The third kappa shape index (κ3) is 4.36. The number of hydrogen-bond acceptors (Lipinski definition) is 8. The molecule has 0 atom stereocenters. The number of rotatable bonds is 5. The SMILES string of the molecule is O=C(Nc1cccc(Oc2ccnc(-c3nnco3)c2)c1)c1ccc2c(c1)OCCCO2. The Morgan fingerprint density at radius 2 is 1.84 bits per heavy atom. The highest BCUT2D eigenvalue weighted by Crippen LogP contribution is 2.31. The molecule has 160 valence electrons. The molecular formula is C23H18N4O5. The number of anilines is 1. The van der Waals surface area contributed by atoms with Crippen LogP contribution in [0.5, 0.6) is 23.0 Å². The third-order valence-corrected chi connectivity index (χ3v) is 4.65. The lowest BCUT2D eigenvalue weighted by Crippen LogP contribution is -2.12. The summed E-state index contributed by atoms with van der Waals surface area (Å²) in [6, 6.07) is 15.6. The Kier molecular flexibility index (Phi) is 5.36. The molecule has 1 N–H and O–H groups in total. The maximum atomic E-state index is 12.8. The lowest BCUT2D eigenvalue weighted by Gasteiger charge is -2.11. The first-order chi connectivity index (χ1) is 15.7. The van der Waals surface area contributed by atoms with Gasteiger partial charge in [0.25, 0.3) is 11.8 Å². The molecule has 0 spiro atoms. The molecule has 0 saturated heterocycles. The molecule has 0 aliphatic carbocycles. The van der Waals surface area contributed by atoms with E-state index < -0.39 is 0 Å². The van der Waals surface area contributed by atoms with Crippen LogP contribution in [0.4, 0.5) is 5.69 Å². The number of carbonyl (C=O) groups is 1. The number of nitrogens with one attached hydrogen (secondary N) is 1. The molecule has 0 saturated carbocycles. The molecule has 0 unspecified atom stereocenters. The van der Waals surface area contributed by atoms with Gasteiger partial charge >= 0.3 is 0 Å². The molecule has 2 aromatic heterocycles. The fourth-order valence-corrected chi connectivity index (χ4v) is 3.16. The van der Waals surface area contributed by atoms with Gasteiger partial charge in [0.15, 0.2) is 11.5 Å². The average molecular weight is 430 g/mol. The van der Waals surface area contributed by atoms with Crippen molar-refractivity contribution in [3.8, 4) is 34.6 Å². The Labute approximate surface area is 183 Å². The average Bonchev–Trinajstić information content (AvgIpc) is 3.25. The minimum Gasteiger partial charge on any atom is -0.490 e. The van der Waals surface area contributed by atoms with Gasteiger partial charge in [-0.1, -0.05) is 6.07 Å². The summed E-state index contributed by atoms with van der Waals surface area (Å²) in [6.07, 6.45) is 3.63. The van der Waals surface area contributed by atoms with Crippen LogP contribution in [-0.4, -0.2) is 34.3 Å². The Balaban J connectivity index is 1.30. The normalized spacial score (nSPS) is 12.6. The highest BCUT2D eigenvalue weighted by molar-refractivity contribution is 6.04. The number of hydrogen-bond donors (Lipinski definition) is 1.